The molecule has 104 valence electrons. The van der Waals surface area contributed by atoms with Crippen LogP contribution < -0.4 is 5.32 Å². The highest BCUT2D eigenvalue weighted by Gasteiger charge is 2.13. The zero-order valence-electron chi connectivity index (χ0n) is 9.88. The molecule has 0 saturated heterocycles. The fraction of sp³-hybridized carbons (Fsp3) is 0.0909. The molecule has 0 atom stereocenters. The number of aromatic carboxylic acids is 1. The van der Waals surface area contributed by atoms with E-state index in [4.69, 9.17) is 5.11 Å². The highest BCUT2D eigenvalue weighted by atomic mass is 19.2. The Morgan fingerprint density at radius 3 is 2.75 bits per heavy atom. The van der Waals surface area contributed by atoms with Gasteiger partial charge < -0.3 is 10.4 Å². The standard InChI is InChI=1S/C11H8F2N4O3/c12-6-2-1-3-7(10(6)13)14-9(18)5-17-4-8(11(19)20)15-16-17/h1-4H,5H2,(H,14,18)(H,19,20). The number of carbonyl (C=O) groups excluding carboxylic acids is 1. The van der Waals surface area contributed by atoms with Gasteiger partial charge in [0.25, 0.3) is 0 Å². The molecule has 0 saturated carbocycles. The highest BCUT2D eigenvalue weighted by molar-refractivity contribution is 5.90. The van der Waals surface area contributed by atoms with Crippen LogP contribution in [-0.4, -0.2) is 32.0 Å². The number of carboxylic acid groups (broad SMARTS) is 1. The number of aromatic nitrogens is 3. The lowest BCUT2D eigenvalue weighted by Gasteiger charge is -2.06. The summed E-state index contributed by atoms with van der Waals surface area (Å²) in [6, 6.07) is 3.36. The Bertz CT molecular complexity index is 671. The van der Waals surface area contributed by atoms with E-state index in [2.05, 4.69) is 15.6 Å². The molecule has 0 unspecified atom stereocenters. The van der Waals surface area contributed by atoms with Crippen LogP contribution in [0.1, 0.15) is 10.5 Å². The van der Waals surface area contributed by atoms with E-state index in [1.54, 1.807) is 0 Å². The van der Waals surface area contributed by atoms with Crippen molar-refractivity contribution in [2.24, 2.45) is 0 Å². The maximum Gasteiger partial charge on any atom is 0.358 e. The second-order valence-electron chi connectivity index (χ2n) is 3.76. The van der Waals surface area contributed by atoms with Gasteiger partial charge >= 0.3 is 5.97 Å². The van der Waals surface area contributed by atoms with E-state index in [0.29, 0.717) is 0 Å². The average Bonchev–Trinajstić information content (AvgIpc) is 2.83. The van der Waals surface area contributed by atoms with Crippen LogP contribution in [0.15, 0.2) is 24.4 Å². The number of halogens is 2. The lowest BCUT2D eigenvalue weighted by atomic mass is 10.3. The second kappa shape index (κ2) is 5.43. The van der Waals surface area contributed by atoms with Crippen molar-refractivity contribution in [1.29, 1.82) is 0 Å². The fourth-order valence-electron chi connectivity index (χ4n) is 1.41. The minimum atomic E-state index is -1.28. The van der Waals surface area contributed by atoms with E-state index in [1.165, 1.54) is 12.1 Å². The van der Waals surface area contributed by atoms with Gasteiger partial charge in [0.15, 0.2) is 17.3 Å². The van der Waals surface area contributed by atoms with E-state index in [-0.39, 0.29) is 17.9 Å². The maximum absolute atomic E-state index is 13.3. The molecule has 0 radical (unpaired) electrons. The normalized spacial score (nSPS) is 10.3. The van der Waals surface area contributed by atoms with E-state index < -0.39 is 23.5 Å². The van der Waals surface area contributed by atoms with Gasteiger partial charge in [-0.3, -0.25) is 4.79 Å². The molecule has 1 aromatic carbocycles. The van der Waals surface area contributed by atoms with Gasteiger partial charge in [0.05, 0.1) is 11.9 Å². The number of nitrogens with one attached hydrogen (secondary N) is 1. The van der Waals surface area contributed by atoms with Crippen LogP contribution in [0.3, 0.4) is 0 Å². The number of carboxylic acids is 1. The molecule has 20 heavy (non-hydrogen) atoms. The van der Waals surface area contributed by atoms with Crippen molar-refractivity contribution in [2.75, 3.05) is 5.32 Å². The average molecular weight is 282 g/mol. The van der Waals surface area contributed by atoms with Crippen molar-refractivity contribution in [3.05, 3.63) is 41.7 Å². The molecule has 0 fully saturated rings. The summed E-state index contributed by atoms with van der Waals surface area (Å²) in [6.07, 6.45) is 1.05. The summed E-state index contributed by atoms with van der Waals surface area (Å²) in [7, 11) is 0. The van der Waals surface area contributed by atoms with Crippen LogP contribution in [0.5, 0.6) is 0 Å². The molecule has 0 aliphatic rings. The molecule has 1 heterocycles. The third-order valence-electron chi connectivity index (χ3n) is 2.29. The number of benzene rings is 1. The molecule has 2 rings (SSSR count). The monoisotopic (exact) mass is 282 g/mol. The molecule has 7 nitrogen and oxygen atoms in total. The number of nitrogens with zero attached hydrogens (tertiary/aromatic N) is 3. The van der Waals surface area contributed by atoms with Gasteiger partial charge in [0.1, 0.15) is 6.54 Å². The van der Waals surface area contributed by atoms with E-state index in [0.717, 1.165) is 16.9 Å². The molecule has 9 heteroatoms. The number of anilines is 1. The molecule has 2 aromatic rings. The van der Waals surface area contributed by atoms with Crippen LogP contribution in [-0.2, 0) is 11.3 Å². The lowest BCUT2D eigenvalue weighted by molar-refractivity contribution is -0.117. The van der Waals surface area contributed by atoms with Crippen molar-refractivity contribution in [3.63, 3.8) is 0 Å². The predicted molar refractivity (Wildman–Crippen MR) is 62.0 cm³/mol. The first-order valence-electron chi connectivity index (χ1n) is 5.34. The summed E-state index contributed by atoms with van der Waals surface area (Å²) >= 11 is 0. The first-order chi connectivity index (χ1) is 9.47. The van der Waals surface area contributed by atoms with Gasteiger partial charge in [-0.15, -0.1) is 5.10 Å². The summed E-state index contributed by atoms with van der Waals surface area (Å²) < 4.78 is 27.2. The molecular formula is C11H8F2N4O3. The summed E-state index contributed by atoms with van der Waals surface area (Å²) in [5, 5.41) is 17.5. The maximum atomic E-state index is 13.3. The Kier molecular flexibility index (Phi) is 3.69. The van der Waals surface area contributed by atoms with Crippen molar-refractivity contribution in [3.8, 4) is 0 Å². The molecular weight excluding hydrogens is 274 g/mol. The third-order valence-corrected chi connectivity index (χ3v) is 2.29. The Morgan fingerprint density at radius 1 is 1.35 bits per heavy atom. The number of rotatable bonds is 4. The summed E-state index contributed by atoms with van der Waals surface area (Å²) in [4.78, 5) is 22.2. The first kappa shape index (κ1) is 13.6. The van der Waals surface area contributed by atoms with E-state index in [9.17, 15) is 18.4 Å². The third kappa shape index (κ3) is 2.94. The largest absolute Gasteiger partial charge is 0.476 e. The number of hydrogen-bond acceptors (Lipinski definition) is 4. The molecule has 0 aliphatic heterocycles. The SMILES string of the molecule is O=C(Cn1cc(C(=O)O)nn1)Nc1cccc(F)c1F. The predicted octanol–water partition coefficient (Wildman–Crippen LogP) is 0.893. The topological polar surface area (TPSA) is 97.1 Å². The van der Waals surface area contributed by atoms with Crippen LogP contribution >= 0.6 is 0 Å². The van der Waals surface area contributed by atoms with Gasteiger partial charge in [0.2, 0.25) is 5.91 Å². The van der Waals surface area contributed by atoms with Gasteiger partial charge in [-0.05, 0) is 12.1 Å². The smallest absolute Gasteiger partial charge is 0.358 e. The Hall–Kier alpha value is -2.84. The van der Waals surface area contributed by atoms with Gasteiger partial charge in [-0.25, -0.2) is 18.3 Å². The Morgan fingerprint density at radius 2 is 2.10 bits per heavy atom. The van der Waals surface area contributed by atoms with Crippen LogP contribution in [0.2, 0.25) is 0 Å². The molecule has 0 bridgehead atoms. The van der Waals surface area contributed by atoms with Gasteiger partial charge in [-0.1, -0.05) is 11.3 Å². The number of amides is 1. The van der Waals surface area contributed by atoms with Crippen LogP contribution in [0, 0.1) is 11.6 Å². The zero-order chi connectivity index (χ0) is 14.7. The van der Waals surface area contributed by atoms with Crippen molar-refractivity contribution < 1.29 is 23.5 Å². The minimum absolute atomic E-state index is 0.312. The molecule has 1 aromatic heterocycles. The molecule has 1 amide bonds. The molecule has 0 spiro atoms. The van der Waals surface area contributed by atoms with Gasteiger partial charge in [0, 0.05) is 0 Å². The van der Waals surface area contributed by atoms with E-state index in [1.807, 2.05) is 0 Å². The van der Waals surface area contributed by atoms with Crippen molar-refractivity contribution in [1.82, 2.24) is 15.0 Å². The van der Waals surface area contributed by atoms with Crippen molar-refractivity contribution >= 4 is 17.6 Å². The number of hydrogen-bond donors (Lipinski definition) is 2. The van der Waals surface area contributed by atoms with Crippen LogP contribution in [0.4, 0.5) is 14.5 Å². The van der Waals surface area contributed by atoms with Crippen LogP contribution in [0.25, 0.3) is 0 Å². The van der Waals surface area contributed by atoms with Gasteiger partial charge in [-0.2, -0.15) is 0 Å². The summed E-state index contributed by atoms with van der Waals surface area (Å²) in [6.45, 7) is -0.379. The fourth-order valence-corrected chi connectivity index (χ4v) is 1.41. The van der Waals surface area contributed by atoms with E-state index >= 15 is 0 Å². The lowest BCUT2D eigenvalue weighted by Crippen LogP contribution is -2.20. The summed E-state index contributed by atoms with van der Waals surface area (Å²) in [5.41, 5.74) is -0.636. The molecule has 0 aliphatic carbocycles. The zero-order valence-corrected chi connectivity index (χ0v) is 9.88. The second-order valence-corrected chi connectivity index (χ2v) is 3.76. The number of carbonyl (C=O) groups is 2. The quantitative estimate of drug-likeness (QED) is 0.868. The summed E-state index contributed by atoms with van der Waals surface area (Å²) in [5.74, 6) is -4.24. The minimum Gasteiger partial charge on any atom is -0.476 e. The molecule has 2 N–H and O–H groups in total. The van der Waals surface area contributed by atoms with Crippen molar-refractivity contribution in [2.45, 2.75) is 6.54 Å². The Balaban J connectivity index is 2.05. The first-order valence-corrected chi connectivity index (χ1v) is 5.34. The highest BCUT2D eigenvalue weighted by Crippen LogP contribution is 2.16. The Labute approximate surface area is 110 Å².